The van der Waals surface area contributed by atoms with Gasteiger partial charge in [-0.1, -0.05) is 6.42 Å². The molecule has 9 nitrogen and oxygen atoms in total. The zero-order valence-corrected chi connectivity index (χ0v) is 19.1. The van der Waals surface area contributed by atoms with Gasteiger partial charge in [0.15, 0.2) is 0 Å². The molecule has 0 aromatic rings. The van der Waals surface area contributed by atoms with Gasteiger partial charge in [0.2, 0.25) is 0 Å². The Morgan fingerprint density at radius 1 is 1.33 bits per heavy atom. The number of hydrogen-bond acceptors (Lipinski definition) is 7. The second-order valence-corrected chi connectivity index (χ2v) is 5.05. The Labute approximate surface area is 191 Å². The van der Waals surface area contributed by atoms with Gasteiger partial charge in [0.05, 0.1) is 12.2 Å². The van der Waals surface area contributed by atoms with E-state index in [1.807, 2.05) is 5.48 Å². The first-order valence-electron chi connectivity index (χ1n) is 6.89. The van der Waals surface area contributed by atoms with Gasteiger partial charge in [-0.2, -0.15) is 0 Å². The number of nitrogens with zero attached hydrogens (tertiary/aromatic N) is 1. The van der Waals surface area contributed by atoms with E-state index in [0.29, 0.717) is 6.42 Å². The fraction of sp³-hybridized carbons (Fsp3) is 0.692. The van der Waals surface area contributed by atoms with Crippen molar-refractivity contribution in [2.24, 2.45) is 5.92 Å². The Kier molecular flexibility index (Phi) is 15.8. The van der Waals surface area contributed by atoms with Crippen molar-refractivity contribution >= 4 is 11.8 Å². The summed E-state index contributed by atoms with van der Waals surface area (Å²) >= 11 is 0. The summed E-state index contributed by atoms with van der Waals surface area (Å²) in [4.78, 5) is 22.6. The van der Waals surface area contributed by atoms with Gasteiger partial charge >= 0.3 is 0 Å². The van der Waals surface area contributed by atoms with Crippen LogP contribution in [0.2, 0.25) is 0 Å². The first-order valence-corrected chi connectivity index (χ1v) is 6.89. The Morgan fingerprint density at radius 2 is 1.88 bits per heavy atom. The van der Waals surface area contributed by atoms with E-state index in [0.717, 1.165) is 4.90 Å². The Balaban J connectivity index is 0. The summed E-state index contributed by atoms with van der Waals surface area (Å²) in [7, 11) is 1.48. The van der Waals surface area contributed by atoms with E-state index in [4.69, 9.17) is 20.8 Å². The van der Waals surface area contributed by atoms with E-state index in [2.05, 4.69) is 0 Å². The molecule has 11 heteroatoms. The number of aliphatic hydroxyl groups is 2. The average molecular weight is 494 g/mol. The van der Waals surface area contributed by atoms with Crippen LogP contribution in [0.25, 0.3) is 5.73 Å². The number of amides is 2. The van der Waals surface area contributed by atoms with Crippen molar-refractivity contribution in [3.05, 3.63) is 17.9 Å². The van der Waals surface area contributed by atoms with Crippen molar-refractivity contribution in [3.8, 4) is 0 Å². The number of hydrogen-bond donors (Lipinski definition) is 4. The van der Waals surface area contributed by atoms with Crippen LogP contribution in [0.5, 0.6) is 0 Å². The second kappa shape index (κ2) is 14.0. The molecule has 24 heavy (non-hydrogen) atoms. The monoisotopic (exact) mass is 494 g/mol. The molecule has 132 valence electrons. The number of rotatable bonds is 5. The van der Waals surface area contributed by atoms with Crippen LogP contribution in [0, 0.1) is 5.92 Å². The van der Waals surface area contributed by atoms with Crippen LogP contribution in [0.3, 0.4) is 0 Å². The van der Waals surface area contributed by atoms with Crippen molar-refractivity contribution in [2.75, 3.05) is 26.8 Å². The van der Waals surface area contributed by atoms with Crippen LogP contribution in [0.15, 0.2) is 12.2 Å². The molecule has 1 heterocycles. The molecule has 2 rings (SSSR count). The van der Waals surface area contributed by atoms with Crippen molar-refractivity contribution in [1.82, 2.24) is 10.4 Å². The number of nitrogens with one attached hydrogen (secondary N) is 2. The predicted molar refractivity (Wildman–Crippen MR) is 75.8 cm³/mol. The van der Waals surface area contributed by atoms with E-state index in [1.165, 1.54) is 19.3 Å². The molecule has 1 aliphatic carbocycles. The van der Waals surface area contributed by atoms with Gasteiger partial charge in [-0.25, -0.2) is 5.48 Å². The number of carbonyl (C=O) groups is 2. The van der Waals surface area contributed by atoms with Gasteiger partial charge in [0.1, 0.15) is 0 Å². The zero-order chi connectivity index (χ0) is 16.7. The molecule has 2 radical (unpaired) electrons. The zero-order valence-electron chi connectivity index (χ0n) is 13.5. The van der Waals surface area contributed by atoms with Crippen LogP contribution in [-0.4, -0.2) is 77.2 Å². The summed E-state index contributed by atoms with van der Waals surface area (Å²) in [5.74, 6) is -0.835. The van der Waals surface area contributed by atoms with Gasteiger partial charge in [0.25, 0.3) is 11.8 Å². The maximum atomic E-state index is 10.8. The molecule has 4 unspecified atom stereocenters. The van der Waals surface area contributed by atoms with E-state index in [1.54, 1.807) is 0 Å². The number of methoxy groups -OCH3 is 1. The SMILES string of the molecule is COC1C([NH-])CC(CO)C1O.O=C1C=CC(=O)N1CCNO.[Y].[Y]. The van der Waals surface area contributed by atoms with E-state index < -0.39 is 18.2 Å². The van der Waals surface area contributed by atoms with Gasteiger partial charge in [-0.05, 0) is 0 Å². The fourth-order valence-electron chi connectivity index (χ4n) is 2.41. The molecule has 5 N–H and O–H groups in total. The third kappa shape index (κ3) is 7.61. The summed E-state index contributed by atoms with van der Waals surface area (Å²) < 4.78 is 4.92. The minimum absolute atomic E-state index is 0. The standard InChI is InChI=1S/C7H14NO3.C6H8N2O3.2Y/c1-11-7-5(8)2-4(3-9)6(7)10;9-5-1-2-6(10)8(5)4-3-7-11;;/h4-10H,2-3H2,1H3;1-2,7,11H,3-4H2;;/q-1;;;. The molecule has 1 aliphatic heterocycles. The summed E-state index contributed by atoms with van der Waals surface area (Å²) in [6.45, 7) is 0.330. The molecule has 0 aromatic heterocycles. The summed E-state index contributed by atoms with van der Waals surface area (Å²) in [5.41, 5.74) is 9.32. The fourth-order valence-corrected chi connectivity index (χ4v) is 2.41. The van der Waals surface area contributed by atoms with Gasteiger partial charge < -0.3 is 25.9 Å². The van der Waals surface area contributed by atoms with Crippen LogP contribution >= 0.6 is 0 Å². The largest absolute Gasteiger partial charge is 0.672 e. The second-order valence-electron chi connectivity index (χ2n) is 5.05. The summed E-state index contributed by atoms with van der Waals surface area (Å²) in [5, 5.41) is 26.4. The number of hydroxylamine groups is 1. The van der Waals surface area contributed by atoms with Crippen molar-refractivity contribution in [1.29, 1.82) is 0 Å². The minimum Gasteiger partial charge on any atom is -0.672 e. The molecule has 0 saturated heterocycles. The minimum atomic E-state index is -0.674. The first kappa shape index (κ1) is 27.1. The summed E-state index contributed by atoms with van der Waals surface area (Å²) in [6.07, 6.45) is 1.84. The van der Waals surface area contributed by atoms with Crippen LogP contribution in [-0.2, 0) is 79.7 Å². The summed E-state index contributed by atoms with van der Waals surface area (Å²) in [6, 6.07) is -0.396. The van der Waals surface area contributed by atoms with Crippen molar-refractivity contribution in [2.45, 2.75) is 24.7 Å². The van der Waals surface area contributed by atoms with E-state index >= 15 is 0 Å². The molecule has 0 aromatic carbocycles. The maximum Gasteiger partial charge on any atom is 0.253 e. The number of imide groups is 1. The Morgan fingerprint density at radius 3 is 2.21 bits per heavy atom. The third-order valence-corrected chi connectivity index (χ3v) is 3.63. The van der Waals surface area contributed by atoms with Crippen LogP contribution in [0.4, 0.5) is 0 Å². The van der Waals surface area contributed by atoms with Gasteiger partial charge in [0, 0.05) is 110 Å². The molecule has 1 saturated carbocycles. The molecule has 2 amide bonds. The van der Waals surface area contributed by atoms with Gasteiger partial charge in [-0.15, -0.1) is 6.04 Å². The van der Waals surface area contributed by atoms with E-state index in [9.17, 15) is 14.7 Å². The van der Waals surface area contributed by atoms with Crippen molar-refractivity contribution < 1.29 is 95.2 Å². The molecular weight excluding hydrogens is 472 g/mol. The predicted octanol–water partition coefficient (Wildman–Crippen LogP) is -1.32. The van der Waals surface area contributed by atoms with Gasteiger partial charge in [-0.3, -0.25) is 14.5 Å². The molecule has 2 aliphatic rings. The Bertz CT molecular complexity index is 409. The topological polar surface area (TPSA) is 143 Å². The van der Waals surface area contributed by atoms with E-state index in [-0.39, 0.29) is 103 Å². The normalized spacial score (nSPS) is 28.1. The van der Waals surface area contributed by atoms with Crippen LogP contribution in [0.1, 0.15) is 6.42 Å². The number of carbonyl (C=O) groups excluding carboxylic acids is 2. The molecule has 4 atom stereocenters. The quantitative estimate of drug-likeness (QED) is 0.274. The smallest absolute Gasteiger partial charge is 0.253 e. The van der Waals surface area contributed by atoms with Crippen LogP contribution < -0.4 is 5.48 Å². The van der Waals surface area contributed by atoms with Crippen molar-refractivity contribution in [3.63, 3.8) is 0 Å². The molecular formula is C13H22N3O6Y2-. The first-order chi connectivity index (χ1) is 10.5. The number of ether oxygens (including phenoxy) is 1. The maximum absolute atomic E-state index is 10.8. The molecule has 0 bridgehead atoms. The number of aliphatic hydroxyl groups excluding tert-OH is 2. The Hall–Kier alpha value is 0.848. The average Bonchev–Trinajstić information content (AvgIpc) is 2.97. The third-order valence-electron chi connectivity index (χ3n) is 3.63. The molecule has 0 spiro atoms. The molecule has 1 fully saturated rings.